The SMILES string of the molecule is N.O=C(Oc1ccncn1)N1C2CCC1CNC2. The summed E-state index contributed by atoms with van der Waals surface area (Å²) in [6.07, 6.45) is 4.74. The Kier molecular flexibility index (Phi) is 3.73. The standard InChI is InChI=1S/C11H14N4O2.H3N/c16-11(17-10-3-4-12-7-14-10)15-8-1-2-9(15)6-13-5-8;/h3-4,7-9,13H,1-2,5-6H2;1H3. The lowest BCUT2D eigenvalue weighted by Crippen LogP contribution is -2.55. The average Bonchev–Trinajstić information content (AvgIpc) is 2.61. The Morgan fingerprint density at radius 1 is 1.39 bits per heavy atom. The third-order valence-corrected chi connectivity index (χ3v) is 3.34. The summed E-state index contributed by atoms with van der Waals surface area (Å²) in [7, 11) is 0. The number of rotatable bonds is 1. The molecule has 1 aromatic heterocycles. The first-order valence-electron chi connectivity index (χ1n) is 5.81. The summed E-state index contributed by atoms with van der Waals surface area (Å²) in [4.78, 5) is 21.6. The highest BCUT2D eigenvalue weighted by atomic mass is 16.6. The fourth-order valence-corrected chi connectivity index (χ4v) is 2.56. The van der Waals surface area contributed by atoms with Crippen LogP contribution in [-0.4, -0.2) is 46.1 Å². The summed E-state index contributed by atoms with van der Waals surface area (Å²) in [6.45, 7) is 1.71. The molecule has 4 N–H and O–H groups in total. The van der Waals surface area contributed by atoms with Crippen molar-refractivity contribution in [3.8, 4) is 5.88 Å². The minimum Gasteiger partial charge on any atom is -0.391 e. The van der Waals surface area contributed by atoms with Gasteiger partial charge in [0.15, 0.2) is 0 Å². The molecule has 2 atom stereocenters. The number of fused-ring (bicyclic) bond motifs is 2. The molecule has 0 spiro atoms. The first kappa shape index (κ1) is 12.7. The molecule has 0 aliphatic carbocycles. The highest BCUT2D eigenvalue weighted by Gasteiger charge is 2.40. The molecular weight excluding hydrogens is 234 g/mol. The molecular formula is C11H17N5O2. The van der Waals surface area contributed by atoms with E-state index < -0.39 is 0 Å². The summed E-state index contributed by atoms with van der Waals surface area (Å²) >= 11 is 0. The molecule has 2 saturated heterocycles. The van der Waals surface area contributed by atoms with Crippen molar-refractivity contribution in [2.45, 2.75) is 24.9 Å². The van der Waals surface area contributed by atoms with Gasteiger partial charge in [-0.15, -0.1) is 0 Å². The predicted octanol–water partition coefficient (Wildman–Crippen LogP) is 0.574. The van der Waals surface area contributed by atoms with Crippen LogP contribution in [0.2, 0.25) is 0 Å². The molecule has 1 aromatic rings. The van der Waals surface area contributed by atoms with E-state index in [0.29, 0.717) is 5.88 Å². The van der Waals surface area contributed by atoms with E-state index in [1.165, 1.54) is 6.33 Å². The second kappa shape index (κ2) is 5.28. The van der Waals surface area contributed by atoms with Gasteiger partial charge in [-0.05, 0) is 12.8 Å². The van der Waals surface area contributed by atoms with E-state index in [0.717, 1.165) is 25.9 Å². The van der Waals surface area contributed by atoms with Gasteiger partial charge in [0.2, 0.25) is 5.88 Å². The number of ether oxygens (including phenoxy) is 1. The quantitative estimate of drug-likeness (QED) is 0.756. The van der Waals surface area contributed by atoms with Gasteiger partial charge < -0.3 is 16.2 Å². The van der Waals surface area contributed by atoms with Gasteiger partial charge in [0.05, 0.1) is 0 Å². The maximum Gasteiger partial charge on any atom is 0.417 e. The molecule has 2 aliphatic heterocycles. The van der Waals surface area contributed by atoms with Crippen molar-refractivity contribution < 1.29 is 9.53 Å². The summed E-state index contributed by atoms with van der Waals surface area (Å²) in [6, 6.07) is 2.12. The van der Waals surface area contributed by atoms with E-state index in [-0.39, 0.29) is 24.3 Å². The van der Waals surface area contributed by atoms with Crippen LogP contribution < -0.4 is 16.2 Å². The largest absolute Gasteiger partial charge is 0.417 e. The highest BCUT2D eigenvalue weighted by molar-refractivity contribution is 5.71. The molecule has 2 bridgehead atoms. The molecule has 2 unspecified atom stereocenters. The zero-order valence-corrected chi connectivity index (χ0v) is 10.1. The molecule has 2 fully saturated rings. The lowest BCUT2D eigenvalue weighted by molar-refractivity contribution is 0.113. The number of carbonyl (C=O) groups is 1. The first-order valence-corrected chi connectivity index (χ1v) is 5.81. The number of hydrogen-bond acceptors (Lipinski definition) is 6. The molecule has 98 valence electrons. The molecule has 0 aromatic carbocycles. The zero-order valence-electron chi connectivity index (χ0n) is 10.1. The van der Waals surface area contributed by atoms with E-state index in [4.69, 9.17) is 4.74 Å². The van der Waals surface area contributed by atoms with Crippen molar-refractivity contribution in [1.82, 2.24) is 26.3 Å². The summed E-state index contributed by atoms with van der Waals surface area (Å²) < 4.78 is 5.24. The molecule has 3 heterocycles. The number of amides is 1. The lowest BCUT2D eigenvalue weighted by Gasteiger charge is -2.34. The molecule has 1 amide bonds. The average molecular weight is 251 g/mol. The van der Waals surface area contributed by atoms with E-state index in [2.05, 4.69) is 15.3 Å². The molecule has 0 radical (unpaired) electrons. The lowest BCUT2D eigenvalue weighted by atomic mass is 10.2. The minimum absolute atomic E-state index is 0. The Labute approximate surface area is 105 Å². The second-order valence-electron chi connectivity index (χ2n) is 4.37. The van der Waals surface area contributed by atoms with Gasteiger partial charge in [0.1, 0.15) is 6.33 Å². The number of hydrogen-bond donors (Lipinski definition) is 2. The van der Waals surface area contributed by atoms with Crippen molar-refractivity contribution in [3.05, 3.63) is 18.6 Å². The molecule has 7 nitrogen and oxygen atoms in total. The van der Waals surface area contributed by atoms with Crippen molar-refractivity contribution in [1.29, 1.82) is 0 Å². The molecule has 0 saturated carbocycles. The smallest absolute Gasteiger partial charge is 0.391 e. The third kappa shape index (κ3) is 2.27. The van der Waals surface area contributed by atoms with E-state index >= 15 is 0 Å². The second-order valence-corrected chi connectivity index (χ2v) is 4.37. The fraction of sp³-hybridized carbons (Fsp3) is 0.545. The zero-order chi connectivity index (χ0) is 11.7. The van der Waals surface area contributed by atoms with Crippen LogP contribution >= 0.6 is 0 Å². The van der Waals surface area contributed by atoms with E-state index in [1.807, 2.05) is 4.90 Å². The van der Waals surface area contributed by atoms with Crippen molar-refractivity contribution >= 4 is 6.09 Å². The number of nitrogens with zero attached hydrogens (tertiary/aromatic N) is 3. The Morgan fingerprint density at radius 3 is 2.72 bits per heavy atom. The van der Waals surface area contributed by atoms with Crippen LogP contribution in [0.5, 0.6) is 5.88 Å². The number of aromatic nitrogens is 2. The van der Waals surface area contributed by atoms with Crippen LogP contribution in [0.4, 0.5) is 4.79 Å². The third-order valence-electron chi connectivity index (χ3n) is 3.34. The van der Waals surface area contributed by atoms with Crippen LogP contribution in [0.3, 0.4) is 0 Å². The summed E-state index contributed by atoms with van der Waals surface area (Å²) in [5.74, 6) is 0.308. The Hall–Kier alpha value is -1.73. The molecule has 18 heavy (non-hydrogen) atoms. The van der Waals surface area contributed by atoms with E-state index in [1.54, 1.807) is 12.3 Å². The van der Waals surface area contributed by atoms with Crippen LogP contribution in [0.15, 0.2) is 18.6 Å². The Bertz CT molecular complexity index is 397. The number of nitrogens with one attached hydrogen (secondary N) is 1. The first-order chi connectivity index (χ1) is 8.34. The van der Waals surface area contributed by atoms with Gasteiger partial charge in [0.25, 0.3) is 0 Å². The Balaban J connectivity index is 0.00000120. The van der Waals surface area contributed by atoms with Gasteiger partial charge in [-0.2, -0.15) is 0 Å². The Morgan fingerprint density at radius 2 is 2.11 bits per heavy atom. The normalized spacial score (nSPS) is 25.4. The minimum atomic E-state index is -0.294. The number of carbonyl (C=O) groups excluding carboxylic acids is 1. The van der Waals surface area contributed by atoms with Crippen LogP contribution in [0.25, 0.3) is 0 Å². The van der Waals surface area contributed by atoms with Gasteiger partial charge in [-0.25, -0.2) is 14.8 Å². The highest BCUT2D eigenvalue weighted by Crippen LogP contribution is 2.27. The maximum atomic E-state index is 12.0. The van der Waals surface area contributed by atoms with Gasteiger partial charge in [0, 0.05) is 37.4 Å². The van der Waals surface area contributed by atoms with Crippen LogP contribution in [-0.2, 0) is 0 Å². The van der Waals surface area contributed by atoms with Gasteiger partial charge in [-0.3, -0.25) is 4.90 Å². The maximum absolute atomic E-state index is 12.0. The van der Waals surface area contributed by atoms with E-state index in [9.17, 15) is 4.79 Å². The molecule has 7 heteroatoms. The molecule has 3 rings (SSSR count). The van der Waals surface area contributed by atoms with Crippen molar-refractivity contribution in [3.63, 3.8) is 0 Å². The van der Waals surface area contributed by atoms with Gasteiger partial charge in [-0.1, -0.05) is 0 Å². The molecule has 2 aliphatic rings. The predicted molar refractivity (Wildman–Crippen MR) is 64.6 cm³/mol. The van der Waals surface area contributed by atoms with Crippen molar-refractivity contribution in [2.24, 2.45) is 0 Å². The summed E-state index contributed by atoms with van der Waals surface area (Å²) in [5, 5.41) is 3.32. The fourth-order valence-electron chi connectivity index (χ4n) is 2.56. The van der Waals surface area contributed by atoms with Crippen molar-refractivity contribution in [2.75, 3.05) is 13.1 Å². The monoisotopic (exact) mass is 251 g/mol. The van der Waals surface area contributed by atoms with Crippen LogP contribution in [0, 0.1) is 0 Å². The van der Waals surface area contributed by atoms with Crippen LogP contribution in [0.1, 0.15) is 12.8 Å². The topological polar surface area (TPSA) is 102 Å². The summed E-state index contributed by atoms with van der Waals surface area (Å²) in [5.41, 5.74) is 0. The number of piperazine rings is 1. The van der Waals surface area contributed by atoms with Gasteiger partial charge >= 0.3 is 6.09 Å².